The van der Waals surface area contributed by atoms with Crippen LogP contribution < -0.4 is 15.4 Å². The summed E-state index contributed by atoms with van der Waals surface area (Å²) in [4.78, 5) is 4.76. The first-order valence-electron chi connectivity index (χ1n) is 8.91. The van der Waals surface area contributed by atoms with Crippen molar-refractivity contribution in [2.24, 2.45) is 4.99 Å². The minimum absolute atomic E-state index is 0. The van der Waals surface area contributed by atoms with Crippen molar-refractivity contribution in [1.29, 1.82) is 0 Å². The molecule has 0 saturated heterocycles. The largest absolute Gasteiger partial charge is 0.357 e. The highest BCUT2D eigenvalue weighted by atomic mass is 127. The summed E-state index contributed by atoms with van der Waals surface area (Å²) in [7, 11) is -2.06. The zero-order valence-electron chi connectivity index (χ0n) is 16.3. The molecule has 156 valence electrons. The van der Waals surface area contributed by atoms with Crippen LogP contribution in [0.2, 0.25) is 0 Å². The highest BCUT2D eigenvalue weighted by Gasteiger charge is 2.11. The molecular formula is C17H28IN7O2S. The maximum Gasteiger partial charge on any atom is 0.240 e. The van der Waals surface area contributed by atoms with Gasteiger partial charge in [0.05, 0.1) is 11.4 Å². The lowest BCUT2D eigenvalue weighted by Gasteiger charge is -2.12. The lowest BCUT2D eigenvalue weighted by atomic mass is 10.2. The Kier molecular flexibility index (Phi) is 10.4. The summed E-state index contributed by atoms with van der Waals surface area (Å²) >= 11 is 0. The van der Waals surface area contributed by atoms with Gasteiger partial charge in [0.25, 0.3) is 0 Å². The Morgan fingerprint density at radius 1 is 1.25 bits per heavy atom. The van der Waals surface area contributed by atoms with Gasteiger partial charge in [-0.05, 0) is 31.7 Å². The SMILES string of the molecule is CCNC(=NCc1cccc(S(=O)(=O)NC)c1)NCCn1cnnc1CC.I. The second kappa shape index (κ2) is 12.0. The molecule has 1 aromatic carbocycles. The predicted octanol–water partition coefficient (Wildman–Crippen LogP) is 1.12. The van der Waals surface area contributed by atoms with Crippen LogP contribution in [0.4, 0.5) is 0 Å². The van der Waals surface area contributed by atoms with Gasteiger partial charge in [0.2, 0.25) is 10.0 Å². The van der Waals surface area contributed by atoms with E-state index in [4.69, 9.17) is 0 Å². The van der Waals surface area contributed by atoms with E-state index < -0.39 is 10.0 Å². The fourth-order valence-corrected chi connectivity index (χ4v) is 3.28. The Morgan fingerprint density at radius 3 is 2.71 bits per heavy atom. The smallest absolute Gasteiger partial charge is 0.240 e. The van der Waals surface area contributed by atoms with Crippen LogP contribution in [0.3, 0.4) is 0 Å². The van der Waals surface area contributed by atoms with Crippen molar-refractivity contribution in [1.82, 2.24) is 30.1 Å². The van der Waals surface area contributed by atoms with Gasteiger partial charge < -0.3 is 15.2 Å². The molecule has 0 aliphatic carbocycles. The second-order valence-electron chi connectivity index (χ2n) is 5.77. The number of aryl methyl sites for hydroxylation is 1. The third-order valence-corrected chi connectivity index (χ3v) is 5.31. The van der Waals surface area contributed by atoms with Gasteiger partial charge in [0.15, 0.2) is 5.96 Å². The normalized spacial score (nSPS) is 11.8. The number of sulfonamides is 1. The Balaban J connectivity index is 0.00000392. The summed E-state index contributed by atoms with van der Waals surface area (Å²) in [6, 6.07) is 6.76. The maximum absolute atomic E-state index is 11.9. The molecule has 11 heteroatoms. The van der Waals surface area contributed by atoms with E-state index in [-0.39, 0.29) is 28.9 Å². The fraction of sp³-hybridized carbons (Fsp3) is 0.471. The number of rotatable bonds is 9. The highest BCUT2D eigenvalue weighted by molar-refractivity contribution is 14.0. The third-order valence-electron chi connectivity index (χ3n) is 3.90. The molecule has 0 bridgehead atoms. The van der Waals surface area contributed by atoms with Crippen molar-refractivity contribution in [2.75, 3.05) is 20.1 Å². The highest BCUT2D eigenvalue weighted by Crippen LogP contribution is 2.11. The van der Waals surface area contributed by atoms with Crippen molar-refractivity contribution in [3.05, 3.63) is 42.0 Å². The minimum Gasteiger partial charge on any atom is -0.357 e. The number of hydrogen-bond acceptors (Lipinski definition) is 5. The number of nitrogens with zero attached hydrogens (tertiary/aromatic N) is 4. The first-order chi connectivity index (χ1) is 13.0. The molecular weight excluding hydrogens is 493 g/mol. The van der Waals surface area contributed by atoms with Gasteiger partial charge in [-0.3, -0.25) is 0 Å². The summed E-state index contributed by atoms with van der Waals surface area (Å²) in [5.41, 5.74) is 0.815. The molecule has 1 aromatic heterocycles. The van der Waals surface area contributed by atoms with Crippen molar-refractivity contribution in [3.63, 3.8) is 0 Å². The van der Waals surface area contributed by atoms with Gasteiger partial charge in [-0.1, -0.05) is 19.1 Å². The van der Waals surface area contributed by atoms with Crippen LogP contribution >= 0.6 is 24.0 Å². The Morgan fingerprint density at radius 2 is 2.04 bits per heavy atom. The molecule has 0 fully saturated rings. The van der Waals surface area contributed by atoms with E-state index in [1.807, 2.05) is 24.5 Å². The van der Waals surface area contributed by atoms with E-state index in [1.165, 1.54) is 7.05 Å². The summed E-state index contributed by atoms with van der Waals surface area (Å²) in [6.07, 6.45) is 2.55. The van der Waals surface area contributed by atoms with Crippen molar-refractivity contribution in [2.45, 2.75) is 38.3 Å². The zero-order valence-corrected chi connectivity index (χ0v) is 19.5. The van der Waals surface area contributed by atoms with Gasteiger partial charge in [0.1, 0.15) is 12.2 Å². The predicted molar refractivity (Wildman–Crippen MR) is 120 cm³/mol. The molecule has 0 amide bonds. The second-order valence-corrected chi connectivity index (χ2v) is 7.66. The molecule has 2 aromatic rings. The van der Waals surface area contributed by atoms with Crippen molar-refractivity contribution < 1.29 is 8.42 Å². The van der Waals surface area contributed by atoms with E-state index >= 15 is 0 Å². The van der Waals surface area contributed by atoms with Crippen molar-refractivity contribution in [3.8, 4) is 0 Å². The average molecular weight is 521 g/mol. The van der Waals surface area contributed by atoms with Crippen LogP contribution in [0.25, 0.3) is 0 Å². The fourth-order valence-electron chi connectivity index (χ4n) is 2.48. The number of nitrogens with one attached hydrogen (secondary N) is 3. The summed E-state index contributed by atoms with van der Waals surface area (Å²) < 4.78 is 28.2. The number of benzene rings is 1. The van der Waals surface area contributed by atoms with E-state index in [9.17, 15) is 8.42 Å². The van der Waals surface area contributed by atoms with E-state index in [1.54, 1.807) is 24.5 Å². The van der Waals surface area contributed by atoms with Gasteiger partial charge >= 0.3 is 0 Å². The molecule has 0 atom stereocenters. The van der Waals surface area contributed by atoms with E-state index in [0.29, 0.717) is 19.0 Å². The van der Waals surface area contributed by atoms with Crippen LogP contribution in [-0.2, 0) is 29.5 Å². The van der Waals surface area contributed by atoms with Gasteiger partial charge in [-0.25, -0.2) is 18.1 Å². The topological polar surface area (TPSA) is 113 Å². The molecule has 28 heavy (non-hydrogen) atoms. The number of aromatic nitrogens is 3. The van der Waals surface area contributed by atoms with Crippen LogP contribution in [0, 0.1) is 0 Å². The van der Waals surface area contributed by atoms with Gasteiger partial charge in [-0.15, -0.1) is 34.2 Å². The average Bonchev–Trinajstić information content (AvgIpc) is 3.14. The summed E-state index contributed by atoms with van der Waals surface area (Å²) in [6.45, 7) is 6.54. The van der Waals surface area contributed by atoms with E-state index in [0.717, 1.165) is 30.9 Å². The summed E-state index contributed by atoms with van der Waals surface area (Å²) in [5, 5.41) is 14.4. The van der Waals surface area contributed by atoms with Gasteiger partial charge in [0, 0.05) is 26.1 Å². The van der Waals surface area contributed by atoms with E-state index in [2.05, 4.69) is 30.5 Å². The molecule has 2 rings (SSSR count). The summed E-state index contributed by atoms with van der Waals surface area (Å²) in [5.74, 6) is 1.62. The molecule has 0 unspecified atom stereocenters. The first-order valence-corrected chi connectivity index (χ1v) is 10.4. The Hall–Kier alpha value is -1.73. The third kappa shape index (κ3) is 7.02. The molecule has 0 aliphatic heterocycles. The van der Waals surface area contributed by atoms with Crippen LogP contribution in [0.5, 0.6) is 0 Å². The van der Waals surface area contributed by atoms with Crippen LogP contribution in [-0.4, -0.2) is 49.3 Å². The number of hydrogen-bond donors (Lipinski definition) is 3. The maximum atomic E-state index is 11.9. The zero-order chi connectivity index (χ0) is 19.7. The van der Waals surface area contributed by atoms with Crippen LogP contribution in [0.15, 0.2) is 40.5 Å². The molecule has 1 heterocycles. The Bertz CT molecular complexity index is 868. The molecule has 0 aliphatic rings. The van der Waals surface area contributed by atoms with Crippen LogP contribution in [0.1, 0.15) is 25.2 Å². The quantitative estimate of drug-likeness (QED) is 0.259. The monoisotopic (exact) mass is 521 g/mol. The molecule has 0 saturated carbocycles. The molecule has 3 N–H and O–H groups in total. The lowest BCUT2D eigenvalue weighted by molar-refractivity contribution is 0.588. The number of guanidine groups is 1. The first kappa shape index (κ1) is 24.3. The molecule has 0 spiro atoms. The number of aliphatic imine (C=N–C) groups is 1. The number of halogens is 1. The Labute approximate surface area is 183 Å². The standard InChI is InChI=1S/C17H27N7O2S.HI/c1-4-16-23-22-13-24(16)10-9-20-17(19-5-2)21-12-14-7-6-8-15(11-14)27(25,26)18-3;/h6-8,11,13,18H,4-5,9-10,12H2,1-3H3,(H2,19,20,21);1H. The lowest BCUT2D eigenvalue weighted by Crippen LogP contribution is -2.38. The molecule has 0 radical (unpaired) electrons. The van der Waals surface area contributed by atoms with Crippen molar-refractivity contribution >= 4 is 40.0 Å². The molecule has 9 nitrogen and oxygen atoms in total. The minimum atomic E-state index is -3.46. The van der Waals surface area contributed by atoms with Gasteiger partial charge in [-0.2, -0.15) is 0 Å².